The first-order chi connectivity index (χ1) is 25.1. The number of hydrogen-bond donors (Lipinski definition) is 1. The van der Waals surface area contributed by atoms with Crippen LogP contribution in [0.1, 0.15) is 87.4 Å². The molecule has 3 heterocycles. The summed E-state index contributed by atoms with van der Waals surface area (Å²) in [6, 6.07) is 6.53. The van der Waals surface area contributed by atoms with E-state index in [0.717, 1.165) is 43.1 Å². The lowest BCUT2D eigenvalue weighted by atomic mass is 10.1. The maximum absolute atomic E-state index is 13.2. The number of methoxy groups -OCH3 is 2. The molecule has 3 unspecified atom stereocenters. The zero-order valence-electron chi connectivity index (χ0n) is 32.4. The first-order valence-electron chi connectivity index (χ1n) is 18.2. The third kappa shape index (κ3) is 9.63. The van der Waals surface area contributed by atoms with Gasteiger partial charge in [0.25, 0.3) is 5.91 Å². The number of aldehydes is 1. The topological polar surface area (TPSA) is 113 Å². The van der Waals surface area contributed by atoms with Gasteiger partial charge in [-0.2, -0.15) is 0 Å². The Balaban J connectivity index is 0.00000176. The van der Waals surface area contributed by atoms with E-state index in [0.29, 0.717) is 83.9 Å². The van der Waals surface area contributed by atoms with E-state index in [1.807, 2.05) is 45.9 Å². The second-order valence-corrected chi connectivity index (χ2v) is 12.6. The third-order valence-corrected chi connectivity index (χ3v) is 9.01. The molecule has 0 aromatic heterocycles. The van der Waals surface area contributed by atoms with E-state index >= 15 is 0 Å². The first-order valence-corrected chi connectivity index (χ1v) is 18.2. The van der Waals surface area contributed by atoms with E-state index in [2.05, 4.69) is 24.7 Å². The van der Waals surface area contributed by atoms with Crippen molar-refractivity contribution in [3.8, 4) is 23.0 Å². The summed E-state index contributed by atoms with van der Waals surface area (Å²) in [4.78, 5) is 35.5. The van der Waals surface area contributed by atoms with Crippen LogP contribution in [-0.2, 0) is 0 Å². The summed E-state index contributed by atoms with van der Waals surface area (Å²) in [5.74, 6) is 1.82. The Morgan fingerprint density at radius 3 is 2.10 bits per heavy atom. The van der Waals surface area contributed by atoms with Crippen LogP contribution in [0.3, 0.4) is 0 Å². The number of likely N-dealkylation sites (tertiary alicyclic amines) is 1. The number of unbranched alkanes of at least 4 members (excludes halogenated alkanes) is 2. The normalized spacial score (nSPS) is 18.2. The highest BCUT2D eigenvalue weighted by Crippen LogP contribution is 2.40. The van der Waals surface area contributed by atoms with E-state index in [1.165, 1.54) is 7.11 Å². The minimum Gasteiger partial charge on any atom is -0.493 e. The highest BCUT2D eigenvalue weighted by Gasteiger charge is 2.36. The maximum Gasteiger partial charge on any atom is 0.257 e. The van der Waals surface area contributed by atoms with Crippen molar-refractivity contribution in [2.24, 2.45) is 4.99 Å². The number of aliphatic hydroxyl groups excluding tert-OH is 1. The second kappa shape index (κ2) is 19.8. The van der Waals surface area contributed by atoms with Crippen molar-refractivity contribution >= 4 is 29.8 Å². The molecular formula is C41H58N4O7. The molecule has 11 heteroatoms. The van der Waals surface area contributed by atoms with Crippen LogP contribution < -0.4 is 23.8 Å². The van der Waals surface area contributed by atoms with Gasteiger partial charge in [0.1, 0.15) is 6.23 Å². The SMILES string of the molecule is C=C1CC(C(O)N(C(=C)C)c2cc(OCCCCCOc3cc4c(cc3OC)C(=O)N3CC(=C)CC3C=N4)c(OC)cc2C=O)N(C)C1.CC.CC. The van der Waals surface area contributed by atoms with Gasteiger partial charge >= 0.3 is 0 Å². The molecule has 0 saturated carbocycles. The number of amides is 1. The number of ether oxygens (including phenoxy) is 4. The number of anilines is 1. The molecule has 284 valence electrons. The predicted molar refractivity (Wildman–Crippen MR) is 209 cm³/mol. The van der Waals surface area contributed by atoms with Crippen LogP contribution in [0.4, 0.5) is 11.4 Å². The molecule has 2 aromatic rings. The highest BCUT2D eigenvalue weighted by molar-refractivity contribution is 6.04. The number of carbonyl (C=O) groups is 2. The maximum atomic E-state index is 13.2. The Morgan fingerprint density at radius 1 is 0.942 bits per heavy atom. The molecule has 2 aromatic carbocycles. The minimum absolute atomic E-state index is 0.0825. The van der Waals surface area contributed by atoms with Crippen LogP contribution in [0.2, 0.25) is 0 Å². The smallest absolute Gasteiger partial charge is 0.257 e. The van der Waals surface area contributed by atoms with Gasteiger partial charge in [-0.3, -0.25) is 19.5 Å². The van der Waals surface area contributed by atoms with Crippen molar-refractivity contribution in [2.75, 3.05) is 52.5 Å². The van der Waals surface area contributed by atoms with Crippen LogP contribution >= 0.6 is 0 Å². The summed E-state index contributed by atoms with van der Waals surface area (Å²) in [6.45, 7) is 24.1. The quantitative estimate of drug-likeness (QED) is 0.0861. The lowest BCUT2D eigenvalue weighted by Crippen LogP contribution is -2.47. The Hall–Kier alpha value is -4.61. The van der Waals surface area contributed by atoms with Crippen molar-refractivity contribution in [2.45, 2.75) is 85.0 Å². The number of aliphatic imine (C=N–C) groups is 1. The summed E-state index contributed by atoms with van der Waals surface area (Å²) in [5, 5.41) is 11.4. The van der Waals surface area contributed by atoms with Gasteiger partial charge in [-0.15, -0.1) is 0 Å². The fourth-order valence-corrected chi connectivity index (χ4v) is 6.56. The summed E-state index contributed by atoms with van der Waals surface area (Å²) in [6.07, 6.45) is 5.28. The van der Waals surface area contributed by atoms with Crippen LogP contribution in [0, 0.1) is 0 Å². The Morgan fingerprint density at radius 2 is 1.54 bits per heavy atom. The highest BCUT2D eigenvalue weighted by atomic mass is 16.5. The van der Waals surface area contributed by atoms with Crippen molar-refractivity contribution in [3.05, 3.63) is 72.0 Å². The van der Waals surface area contributed by atoms with Crippen molar-refractivity contribution < 1.29 is 33.6 Å². The first kappa shape index (κ1) is 41.8. The Bertz CT molecular complexity index is 1620. The number of likely N-dealkylation sites (N-methyl/N-ethyl adjacent to an activating group) is 1. The summed E-state index contributed by atoms with van der Waals surface area (Å²) < 4.78 is 23.3. The molecule has 0 radical (unpaired) electrons. The van der Waals surface area contributed by atoms with E-state index < -0.39 is 6.23 Å². The molecule has 3 aliphatic rings. The van der Waals surface area contributed by atoms with Crippen molar-refractivity contribution in [1.29, 1.82) is 0 Å². The zero-order chi connectivity index (χ0) is 38.5. The molecule has 5 rings (SSSR count). The number of rotatable bonds is 15. The van der Waals surface area contributed by atoms with Gasteiger partial charge in [0.2, 0.25) is 0 Å². The summed E-state index contributed by atoms with van der Waals surface area (Å²) >= 11 is 0. The number of aliphatic hydroxyl groups is 1. The monoisotopic (exact) mass is 718 g/mol. The van der Waals surface area contributed by atoms with Gasteiger partial charge in [-0.1, -0.05) is 58.6 Å². The number of fused-ring (bicyclic) bond motifs is 2. The molecule has 11 nitrogen and oxygen atoms in total. The van der Waals surface area contributed by atoms with Gasteiger partial charge in [0, 0.05) is 42.7 Å². The summed E-state index contributed by atoms with van der Waals surface area (Å²) in [5.41, 5.74) is 4.55. The van der Waals surface area contributed by atoms with E-state index in [4.69, 9.17) is 18.9 Å². The molecular weight excluding hydrogens is 660 g/mol. The number of hydrogen-bond acceptors (Lipinski definition) is 10. The lowest BCUT2D eigenvalue weighted by molar-refractivity contribution is 0.0777. The zero-order valence-corrected chi connectivity index (χ0v) is 32.4. The third-order valence-electron chi connectivity index (χ3n) is 9.01. The van der Waals surface area contributed by atoms with Crippen molar-refractivity contribution in [3.63, 3.8) is 0 Å². The van der Waals surface area contributed by atoms with Gasteiger partial charge < -0.3 is 33.9 Å². The standard InChI is InChI=1S/C37H46N4O7.2C2H6/c1-23(2)41(37(44)31-14-25(4)20-39(31)5)30-18-35(32(45-6)15-26(30)22-42)48-12-10-8-9-11-47-34-17-29-28(16-33(34)46-7)36(43)40-21-24(3)13-27(40)19-38-29;2*1-2/h15-19,22,27,31,37,44H,1,3-4,8-14,20-21H2,2,5-7H3;2*1-2H3. The molecule has 0 aliphatic carbocycles. The minimum atomic E-state index is -0.949. The van der Waals surface area contributed by atoms with E-state index in [1.54, 1.807) is 48.1 Å². The predicted octanol–water partition coefficient (Wildman–Crippen LogP) is 7.60. The van der Waals surface area contributed by atoms with Crippen LogP contribution in [0.25, 0.3) is 0 Å². The molecule has 3 atom stereocenters. The molecule has 52 heavy (non-hydrogen) atoms. The lowest BCUT2D eigenvalue weighted by Gasteiger charge is -2.37. The molecule has 1 amide bonds. The molecule has 1 N–H and O–H groups in total. The van der Waals surface area contributed by atoms with Crippen LogP contribution in [0.15, 0.2) is 65.8 Å². The average Bonchev–Trinajstić information content (AvgIpc) is 3.67. The van der Waals surface area contributed by atoms with Gasteiger partial charge in [0.05, 0.1) is 56.5 Å². The van der Waals surface area contributed by atoms with Crippen molar-refractivity contribution in [1.82, 2.24) is 9.80 Å². The van der Waals surface area contributed by atoms with Gasteiger partial charge in [0.15, 0.2) is 29.3 Å². The second-order valence-electron chi connectivity index (χ2n) is 12.6. The fourth-order valence-electron chi connectivity index (χ4n) is 6.56. The van der Waals surface area contributed by atoms with Crippen LogP contribution in [-0.4, -0.2) is 99.2 Å². The van der Waals surface area contributed by atoms with E-state index in [9.17, 15) is 14.7 Å². The number of benzene rings is 2. The Kier molecular flexibility index (Phi) is 16.0. The molecule has 2 fully saturated rings. The largest absolute Gasteiger partial charge is 0.493 e. The number of carbonyl (C=O) groups excluding carboxylic acids is 2. The fraction of sp³-hybridized carbons (Fsp3) is 0.488. The Labute approximate surface area is 310 Å². The molecule has 0 spiro atoms. The van der Waals surface area contributed by atoms with Gasteiger partial charge in [-0.05, 0) is 58.2 Å². The van der Waals surface area contributed by atoms with Gasteiger partial charge in [-0.25, -0.2) is 0 Å². The number of nitrogens with zero attached hydrogens (tertiary/aromatic N) is 4. The number of allylic oxidation sites excluding steroid dienone is 1. The molecule has 0 bridgehead atoms. The van der Waals surface area contributed by atoms with Crippen LogP contribution in [0.5, 0.6) is 23.0 Å². The summed E-state index contributed by atoms with van der Waals surface area (Å²) in [7, 11) is 5.02. The average molecular weight is 719 g/mol. The molecule has 2 saturated heterocycles. The van der Waals surface area contributed by atoms with E-state index in [-0.39, 0.29) is 18.0 Å². The molecule has 3 aliphatic heterocycles.